The van der Waals surface area contributed by atoms with Crippen LogP contribution in [-0.4, -0.2) is 18.6 Å². The van der Waals surface area contributed by atoms with E-state index < -0.39 is 0 Å². The van der Waals surface area contributed by atoms with Gasteiger partial charge in [-0.05, 0) is 91.2 Å². The SMILES string of the molecule is CC(C)Oc1cccc(CCCNC(=O)c2ccc(I)cc2)c1. The molecule has 0 saturated carbocycles. The largest absolute Gasteiger partial charge is 0.491 e. The second-order valence-electron chi connectivity index (χ2n) is 5.68. The third-order valence-electron chi connectivity index (χ3n) is 3.30. The molecular formula is C19H22INO2. The molecule has 0 unspecified atom stereocenters. The number of hydrogen-bond acceptors (Lipinski definition) is 2. The zero-order chi connectivity index (χ0) is 16.7. The molecule has 0 aromatic heterocycles. The number of carbonyl (C=O) groups excluding carboxylic acids is 1. The van der Waals surface area contributed by atoms with Gasteiger partial charge in [-0.15, -0.1) is 0 Å². The van der Waals surface area contributed by atoms with Crippen molar-refractivity contribution in [3.63, 3.8) is 0 Å². The van der Waals surface area contributed by atoms with Crippen LogP contribution in [0, 0.1) is 3.57 Å². The molecule has 1 N–H and O–H groups in total. The highest BCUT2D eigenvalue weighted by Crippen LogP contribution is 2.16. The predicted octanol–water partition coefficient (Wildman–Crippen LogP) is 4.44. The highest BCUT2D eigenvalue weighted by atomic mass is 127. The van der Waals surface area contributed by atoms with Gasteiger partial charge in [-0.1, -0.05) is 12.1 Å². The molecular weight excluding hydrogens is 401 g/mol. The number of hydrogen-bond donors (Lipinski definition) is 1. The number of ether oxygens (including phenoxy) is 1. The summed E-state index contributed by atoms with van der Waals surface area (Å²) in [6.45, 7) is 4.71. The molecule has 0 radical (unpaired) electrons. The number of benzene rings is 2. The Balaban J connectivity index is 1.77. The first-order valence-corrected chi connectivity index (χ1v) is 8.92. The van der Waals surface area contributed by atoms with E-state index in [9.17, 15) is 4.79 Å². The summed E-state index contributed by atoms with van der Waals surface area (Å²) in [5, 5.41) is 2.96. The van der Waals surface area contributed by atoms with Crippen LogP contribution in [0.5, 0.6) is 5.75 Å². The fraction of sp³-hybridized carbons (Fsp3) is 0.316. The van der Waals surface area contributed by atoms with E-state index in [2.05, 4.69) is 40.0 Å². The van der Waals surface area contributed by atoms with Gasteiger partial charge in [0.05, 0.1) is 6.10 Å². The Morgan fingerprint density at radius 3 is 2.61 bits per heavy atom. The van der Waals surface area contributed by atoms with Crippen LogP contribution in [-0.2, 0) is 6.42 Å². The van der Waals surface area contributed by atoms with E-state index in [-0.39, 0.29) is 12.0 Å². The van der Waals surface area contributed by atoms with Gasteiger partial charge in [0.2, 0.25) is 0 Å². The number of rotatable bonds is 7. The lowest BCUT2D eigenvalue weighted by Gasteiger charge is -2.11. The minimum atomic E-state index is -0.0155. The Labute approximate surface area is 151 Å². The summed E-state index contributed by atoms with van der Waals surface area (Å²) >= 11 is 2.23. The van der Waals surface area contributed by atoms with E-state index in [0.717, 1.165) is 22.2 Å². The van der Waals surface area contributed by atoms with E-state index in [1.54, 1.807) is 0 Å². The highest BCUT2D eigenvalue weighted by molar-refractivity contribution is 14.1. The van der Waals surface area contributed by atoms with Crippen molar-refractivity contribution in [1.82, 2.24) is 5.32 Å². The first-order valence-electron chi connectivity index (χ1n) is 7.84. The molecule has 2 aromatic rings. The van der Waals surface area contributed by atoms with Crippen LogP contribution < -0.4 is 10.1 Å². The highest BCUT2D eigenvalue weighted by Gasteiger charge is 2.04. The topological polar surface area (TPSA) is 38.3 Å². The Bertz CT molecular complexity index is 638. The molecule has 0 saturated heterocycles. The molecule has 23 heavy (non-hydrogen) atoms. The molecule has 0 spiro atoms. The molecule has 1 amide bonds. The summed E-state index contributed by atoms with van der Waals surface area (Å²) in [6.07, 6.45) is 2.00. The lowest BCUT2D eigenvalue weighted by molar-refractivity contribution is 0.0953. The maximum atomic E-state index is 12.0. The van der Waals surface area contributed by atoms with Gasteiger partial charge in [-0.3, -0.25) is 4.79 Å². The molecule has 122 valence electrons. The van der Waals surface area contributed by atoms with E-state index in [1.807, 2.05) is 50.2 Å². The predicted molar refractivity (Wildman–Crippen MR) is 102 cm³/mol. The molecule has 0 aliphatic rings. The van der Waals surface area contributed by atoms with Gasteiger partial charge in [0.15, 0.2) is 0 Å². The van der Waals surface area contributed by atoms with Gasteiger partial charge >= 0.3 is 0 Å². The van der Waals surface area contributed by atoms with Crippen LogP contribution >= 0.6 is 22.6 Å². The van der Waals surface area contributed by atoms with Gasteiger partial charge in [0.1, 0.15) is 5.75 Å². The third kappa shape index (κ3) is 6.22. The average molecular weight is 423 g/mol. The maximum Gasteiger partial charge on any atom is 0.251 e. The Morgan fingerprint density at radius 1 is 1.17 bits per heavy atom. The second-order valence-corrected chi connectivity index (χ2v) is 6.93. The van der Waals surface area contributed by atoms with Crippen molar-refractivity contribution in [2.45, 2.75) is 32.8 Å². The molecule has 2 aromatic carbocycles. The van der Waals surface area contributed by atoms with E-state index >= 15 is 0 Å². The average Bonchev–Trinajstić information content (AvgIpc) is 2.52. The van der Waals surface area contributed by atoms with E-state index in [0.29, 0.717) is 12.1 Å². The van der Waals surface area contributed by atoms with Crippen LogP contribution in [0.15, 0.2) is 48.5 Å². The Morgan fingerprint density at radius 2 is 1.91 bits per heavy atom. The first-order chi connectivity index (χ1) is 11.0. The van der Waals surface area contributed by atoms with Gasteiger partial charge in [0, 0.05) is 15.7 Å². The Hall–Kier alpha value is -1.56. The molecule has 0 aliphatic heterocycles. The summed E-state index contributed by atoms with van der Waals surface area (Å²) in [4.78, 5) is 12.0. The van der Waals surface area contributed by atoms with Crippen LogP contribution in [0.2, 0.25) is 0 Å². The van der Waals surface area contributed by atoms with Gasteiger partial charge in [-0.2, -0.15) is 0 Å². The Kier molecular flexibility index (Phi) is 6.89. The first kappa shape index (κ1) is 17.8. The quantitative estimate of drug-likeness (QED) is 0.528. The third-order valence-corrected chi connectivity index (χ3v) is 4.02. The number of aryl methyl sites for hydroxylation is 1. The van der Waals surface area contributed by atoms with Crippen molar-refractivity contribution in [1.29, 1.82) is 0 Å². The number of nitrogens with one attached hydrogen (secondary N) is 1. The van der Waals surface area contributed by atoms with Gasteiger partial charge in [-0.25, -0.2) is 0 Å². The van der Waals surface area contributed by atoms with Gasteiger partial charge < -0.3 is 10.1 Å². The summed E-state index contributed by atoms with van der Waals surface area (Å²) in [5.41, 5.74) is 1.93. The van der Waals surface area contributed by atoms with E-state index in [1.165, 1.54) is 5.56 Å². The molecule has 0 heterocycles. The molecule has 0 fully saturated rings. The van der Waals surface area contributed by atoms with Crippen molar-refractivity contribution in [3.05, 3.63) is 63.2 Å². The van der Waals surface area contributed by atoms with Crippen molar-refractivity contribution in [3.8, 4) is 5.75 Å². The van der Waals surface area contributed by atoms with Crippen molar-refractivity contribution < 1.29 is 9.53 Å². The normalized spacial score (nSPS) is 10.6. The number of carbonyl (C=O) groups is 1. The van der Waals surface area contributed by atoms with E-state index in [4.69, 9.17) is 4.74 Å². The van der Waals surface area contributed by atoms with Crippen LogP contribution in [0.4, 0.5) is 0 Å². The number of halogens is 1. The minimum absolute atomic E-state index is 0.0155. The zero-order valence-electron chi connectivity index (χ0n) is 13.5. The molecule has 3 nitrogen and oxygen atoms in total. The lowest BCUT2D eigenvalue weighted by atomic mass is 10.1. The minimum Gasteiger partial charge on any atom is -0.491 e. The molecule has 0 atom stereocenters. The van der Waals surface area contributed by atoms with Crippen molar-refractivity contribution in [2.24, 2.45) is 0 Å². The van der Waals surface area contributed by atoms with Gasteiger partial charge in [0.25, 0.3) is 5.91 Å². The lowest BCUT2D eigenvalue weighted by Crippen LogP contribution is -2.24. The fourth-order valence-corrected chi connectivity index (χ4v) is 2.60. The molecule has 0 aliphatic carbocycles. The van der Waals surface area contributed by atoms with Crippen LogP contribution in [0.3, 0.4) is 0 Å². The maximum absolute atomic E-state index is 12.0. The summed E-state index contributed by atoms with van der Waals surface area (Å²) in [6, 6.07) is 15.7. The fourth-order valence-electron chi connectivity index (χ4n) is 2.24. The summed E-state index contributed by atoms with van der Waals surface area (Å²) < 4.78 is 6.82. The second kappa shape index (κ2) is 8.91. The molecule has 4 heteroatoms. The summed E-state index contributed by atoms with van der Waals surface area (Å²) in [5.74, 6) is 0.888. The smallest absolute Gasteiger partial charge is 0.251 e. The summed E-state index contributed by atoms with van der Waals surface area (Å²) in [7, 11) is 0. The molecule has 0 bridgehead atoms. The molecule has 2 rings (SSSR count). The van der Waals surface area contributed by atoms with Crippen molar-refractivity contribution in [2.75, 3.05) is 6.54 Å². The van der Waals surface area contributed by atoms with Crippen LogP contribution in [0.25, 0.3) is 0 Å². The van der Waals surface area contributed by atoms with Crippen LogP contribution in [0.1, 0.15) is 36.2 Å². The van der Waals surface area contributed by atoms with Crippen molar-refractivity contribution >= 4 is 28.5 Å². The standard InChI is InChI=1S/C19H22INO2/c1-14(2)23-18-7-3-5-15(13-18)6-4-12-21-19(22)16-8-10-17(20)11-9-16/h3,5,7-11,13-14H,4,6,12H2,1-2H3,(H,21,22). The monoisotopic (exact) mass is 423 g/mol. The number of amides is 1. The zero-order valence-corrected chi connectivity index (χ0v) is 15.7.